The van der Waals surface area contributed by atoms with E-state index in [0.717, 1.165) is 21.7 Å². The molecule has 4 atom stereocenters. The molecule has 0 aliphatic carbocycles. The van der Waals surface area contributed by atoms with Gasteiger partial charge < -0.3 is 28.6 Å². The van der Waals surface area contributed by atoms with Crippen molar-refractivity contribution in [3.8, 4) is 16.3 Å². The Kier molecular flexibility index (Phi) is 13.1. The largest absolute Gasteiger partial charge is 0.476 e. The maximum absolute atomic E-state index is 14.5. The maximum atomic E-state index is 14.5. The van der Waals surface area contributed by atoms with Crippen LogP contribution in [0, 0.1) is 12.8 Å². The highest BCUT2D eigenvalue weighted by molar-refractivity contribution is 7.13. The fourth-order valence-electron chi connectivity index (χ4n) is 5.85. The van der Waals surface area contributed by atoms with Gasteiger partial charge in [-0.2, -0.15) is 0 Å². The molecular weight excluding hydrogens is 673 g/mol. The minimum Gasteiger partial charge on any atom is -0.476 e. The molecule has 1 fully saturated rings. The molecule has 0 bridgehead atoms. The number of hydrogen-bond donors (Lipinski definition) is 1. The number of carbonyl (C=O) groups is 3. The molecule has 2 aromatic heterocycles. The van der Waals surface area contributed by atoms with Gasteiger partial charge in [0.15, 0.2) is 14.1 Å². The Bertz CT molecular complexity index is 1600. The van der Waals surface area contributed by atoms with Crippen LogP contribution in [-0.2, 0) is 23.5 Å². The molecule has 3 heterocycles. The highest BCUT2D eigenvalue weighted by Crippen LogP contribution is 2.40. The van der Waals surface area contributed by atoms with Crippen molar-refractivity contribution in [3.05, 3.63) is 52.9 Å². The van der Waals surface area contributed by atoms with Crippen LogP contribution in [0.5, 0.6) is 5.88 Å². The number of aromatic nitrogens is 2. The maximum Gasteiger partial charge on any atom is 0.305 e. The van der Waals surface area contributed by atoms with Crippen molar-refractivity contribution in [2.24, 2.45) is 5.92 Å². The van der Waals surface area contributed by atoms with Crippen molar-refractivity contribution in [2.75, 3.05) is 20.3 Å². The molecule has 11 nitrogen and oxygen atoms in total. The molecular formula is C37H54N4O7SSi. The third-order valence-electron chi connectivity index (χ3n) is 9.93. The van der Waals surface area contributed by atoms with Crippen LogP contribution in [0.4, 0.5) is 0 Å². The van der Waals surface area contributed by atoms with E-state index in [1.807, 2.05) is 57.5 Å². The molecule has 1 N–H and O–H groups in total. The standard InChI is InChI=1S/C37H54N4O7SSi/c1-23(2)33(29-20-31(40-47-29)46-18-12-11-13-32(42)45-8)36(44)41-21-28(48-50(9,10)37(5,6)7)19-30(41)39-35(43)24(3)26-14-16-27(17-15-26)34-25(4)38-22-49-34/h14-17,20,22-24,28,30,33H,11-13,18-19,21H2,1-10H3,(H,39,43)/t24-,28+,30-,33?/m0/s1. The lowest BCUT2D eigenvalue weighted by atomic mass is 9.91. The number of nitrogens with zero attached hydrogens (tertiary/aromatic N) is 3. The van der Waals surface area contributed by atoms with E-state index in [1.165, 1.54) is 7.11 Å². The molecule has 1 aliphatic rings. The predicted molar refractivity (Wildman–Crippen MR) is 196 cm³/mol. The molecule has 1 aliphatic heterocycles. The number of methoxy groups -OCH3 is 1. The van der Waals surface area contributed by atoms with E-state index < -0.39 is 26.3 Å². The Balaban J connectivity index is 1.51. The van der Waals surface area contributed by atoms with Crippen molar-refractivity contribution in [1.29, 1.82) is 0 Å². The lowest BCUT2D eigenvalue weighted by Gasteiger charge is -2.38. The molecule has 1 saturated heterocycles. The number of carbonyl (C=O) groups excluding carboxylic acids is 3. The number of benzene rings is 1. The van der Waals surface area contributed by atoms with Crippen LogP contribution in [0.25, 0.3) is 10.4 Å². The van der Waals surface area contributed by atoms with Gasteiger partial charge in [-0.15, -0.1) is 11.3 Å². The van der Waals surface area contributed by atoms with Gasteiger partial charge in [0.2, 0.25) is 11.8 Å². The fraction of sp³-hybridized carbons (Fsp3) is 0.595. The number of likely N-dealkylation sites (tertiary alicyclic amines) is 1. The van der Waals surface area contributed by atoms with Crippen molar-refractivity contribution in [3.63, 3.8) is 0 Å². The van der Waals surface area contributed by atoms with Crippen molar-refractivity contribution in [1.82, 2.24) is 20.4 Å². The van der Waals surface area contributed by atoms with Gasteiger partial charge in [-0.1, -0.05) is 58.9 Å². The minimum absolute atomic E-state index is 0.0163. The van der Waals surface area contributed by atoms with Gasteiger partial charge in [0, 0.05) is 25.5 Å². The third kappa shape index (κ3) is 9.61. The van der Waals surface area contributed by atoms with Crippen molar-refractivity contribution in [2.45, 2.75) is 116 Å². The van der Waals surface area contributed by atoms with Crippen LogP contribution >= 0.6 is 11.3 Å². The number of esters is 1. The van der Waals surface area contributed by atoms with E-state index >= 15 is 0 Å². The molecule has 1 aromatic carbocycles. The lowest BCUT2D eigenvalue weighted by Crippen LogP contribution is -2.50. The molecule has 0 spiro atoms. The van der Waals surface area contributed by atoms with Gasteiger partial charge in [-0.3, -0.25) is 14.4 Å². The first-order chi connectivity index (χ1) is 23.5. The molecule has 13 heteroatoms. The van der Waals surface area contributed by atoms with E-state index in [4.69, 9.17) is 13.7 Å². The Morgan fingerprint density at radius 3 is 2.42 bits per heavy atom. The molecule has 3 aromatic rings. The smallest absolute Gasteiger partial charge is 0.305 e. The average Bonchev–Trinajstić information content (AvgIpc) is 3.80. The van der Waals surface area contributed by atoms with E-state index in [-0.39, 0.29) is 40.7 Å². The summed E-state index contributed by atoms with van der Waals surface area (Å²) in [6.45, 7) is 19.5. The van der Waals surface area contributed by atoms with Gasteiger partial charge in [0.25, 0.3) is 5.88 Å². The number of ether oxygens (including phenoxy) is 2. The summed E-state index contributed by atoms with van der Waals surface area (Å²) in [5.41, 5.74) is 4.77. The summed E-state index contributed by atoms with van der Waals surface area (Å²) in [5.74, 6) is -1.11. The minimum atomic E-state index is -2.17. The summed E-state index contributed by atoms with van der Waals surface area (Å²) in [4.78, 5) is 46.9. The van der Waals surface area contributed by atoms with Crippen LogP contribution in [0.2, 0.25) is 18.1 Å². The van der Waals surface area contributed by atoms with Crippen LogP contribution in [0.1, 0.15) is 96.1 Å². The lowest BCUT2D eigenvalue weighted by molar-refractivity contribution is -0.141. The van der Waals surface area contributed by atoms with Gasteiger partial charge in [0.1, 0.15) is 12.1 Å². The predicted octanol–water partition coefficient (Wildman–Crippen LogP) is 7.44. The van der Waals surface area contributed by atoms with Crippen LogP contribution in [-0.4, -0.2) is 73.7 Å². The van der Waals surface area contributed by atoms with E-state index in [1.54, 1.807) is 22.3 Å². The second-order valence-electron chi connectivity index (χ2n) is 15.0. The van der Waals surface area contributed by atoms with E-state index in [0.29, 0.717) is 44.6 Å². The topological polar surface area (TPSA) is 133 Å². The van der Waals surface area contributed by atoms with E-state index in [2.05, 4.69) is 54.1 Å². The molecule has 2 amide bonds. The number of rotatable bonds is 15. The quantitative estimate of drug-likeness (QED) is 0.0964. The highest BCUT2D eigenvalue weighted by Gasteiger charge is 2.46. The van der Waals surface area contributed by atoms with Crippen LogP contribution in [0.3, 0.4) is 0 Å². The number of nitrogens with one attached hydrogen (secondary N) is 1. The summed E-state index contributed by atoms with van der Waals surface area (Å²) in [6, 6.07) is 9.68. The summed E-state index contributed by atoms with van der Waals surface area (Å²) >= 11 is 1.59. The summed E-state index contributed by atoms with van der Waals surface area (Å²) < 4.78 is 22.9. The van der Waals surface area contributed by atoms with Gasteiger partial charge >= 0.3 is 5.97 Å². The number of amides is 2. The molecule has 274 valence electrons. The SMILES string of the molecule is COC(=O)CCCCOc1cc(C(C(=O)N2C[C@H](O[Si](C)(C)C(C)(C)C)C[C@H]2NC(=O)[C@@H](C)c2ccc(-c3scnc3C)cc2)C(C)C)on1. The molecule has 1 unspecified atom stereocenters. The first-order valence-electron chi connectivity index (χ1n) is 17.5. The zero-order valence-corrected chi connectivity index (χ0v) is 33.0. The second-order valence-corrected chi connectivity index (χ2v) is 20.6. The molecule has 0 saturated carbocycles. The zero-order chi connectivity index (χ0) is 36.8. The fourth-order valence-corrected chi connectivity index (χ4v) is 8.02. The van der Waals surface area contributed by atoms with E-state index in [9.17, 15) is 14.4 Å². The molecule has 4 rings (SSSR count). The Labute approximate surface area is 301 Å². The van der Waals surface area contributed by atoms with Gasteiger partial charge in [-0.05, 0) is 67.0 Å². The first kappa shape index (κ1) is 39.2. The monoisotopic (exact) mass is 726 g/mol. The van der Waals surface area contributed by atoms with Gasteiger partial charge in [0.05, 0.1) is 41.8 Å². The molecule has 50 heavy (non-hydrogen) atoms. The average molecular weight is 727 g/mol. The number of unbranched alkanes of at least 4 members (excludes halogenated alkanes) is 1. The summed E-state index contributed by atoms with van der Waals surface area (Å²) in [7, 11) is -0.804. The summed E-state index contributed by atoms with van der Waals surface area (Å²) in [6.07, 6.45) is 1.29. The zero-order valence-electron chi connectivity index (χ0n) is 31.2. The van der Waals surface area contributed by atoms with Crippen molar-refractivity contribution >= 4 is 37.4 Å². The van der Waals surface area contributed by atoms with Crippen LogP contribution in [0.15, 0.2) is 40.4 Å². The molecule has 0 radical (unpaired) electrons. The number of hydrogen-bond acceptors (Lipinski definition) is 10. The van der Waals surface area contributed by atoms with Crippen LogP contribution < -0.4 is 10.1 Å². The number of thiazole rings is 1. The normalized spacial score (nSPS) is 17.9. The van der Waals surface area contributed by atoms with Crippen molar-refractivity contribution < 1.29 is 32.8 Å². The summed E-state index contributed by atoms with van der Waals surface area (Å²) in [5, 5.41) is 7.26. The Morgan fingerprint density at radius 2 is 1.82 bits per heavy atom. The third-order valence-corrected chi connectivity index (χ3v) is 15.4. The first-order valence-corrected chi connectivity index (χ1v) is 21.3. The highest BCUT2D eigenvalue weighted by atomic mass is 32.1. The Hall–Kier alpha value is -3.55. The van der Waals surface area contributed by atoms with Gasteiger partial charge in [-0.25, -0.2) is 4.98 Å². The Morgan fingerprint density at radius 1 is 1.12 bits per heavy atom. The number of aryl methyl sites for hydroxylation is 1. The second kappa shape index (κ2) is 16.6.